The molecule has 2 aromatic rings. The van der Waals surface area contributed by atoms with Gasteiger partial charge in [0, 0.05) is 6.54 Å². The highest BCUT2D eigenvalue weighted by molar-refractivity contribution is 7.80. The van der Waals surface area contributed by atoms with Gasteiger partial charge in [0.15, 0.2) is 5.11 Å². The van der Waals surface area contributed by atoms with Gasteiger partial charge < -0.3 is 20.3 Å². The van der Waals surface area contributed by atoms with Crippen molar-refractivity contribution in [2.24, 2.45) is 0 Å². The molecule has 0 amide bonds. The summed E-state index contributed by atoms with van der Waals surface area (Å²) in [6.07, 6.45) is 0.966. The van der Waals surface area contributed by atoms with E-state index in [2.05, 4.69) is 65.2 Å². The SMILES string of the molecule is S=C(NCCc1ccccc1)N[C@H](C[NH+]1CCOCC1)c1ccccc1. The molecule has 1 saturated heterocycles. The summed E-state index contributed by atoms with van der Waals surface area (Å²) in [6.45, 7) is 5.64. The maximum Gasteiger partial charge on any atom is 0.166 e. The molecule has 138 valence electrons. The van der Waals surface area contributed by atoms with Crippen LogP contribution < -0.4 is 15.5 Å². The normalized spacial score (nSPS) is 16.0. The van der Waals surface area contributed by atoms with Gasteiger partial charge in [-0.1, -0.05) is 60.7 Å². The third kappa shape index (κ3) is 6.09. The van der Waals surface area contributed by atoms with Crippen LogP contribution in [0.5, 0.6) is 0 Å². The predicted molar refractivity (Wildman–Crippen MR) is 109 cm³/mol. The van der Waals surface area contributed by atoms with E-state index in [4.69, 9.17) is 17.0 Å². The predicted octanol–water partition coefficient (Wildman–Crippen LogP) is 1.35. The zero-order chi connectivity index (χ0) is 18.0. The Hall–Kier alpha value is -1.95. The second-order valence-corrected chi connectivity index (χ2v) is 7.07. The summed E-state index contributed by atoms with van der Waals surface area (Å²) in [7, 11) is 0. The quantitative estimate of drug-likeness (QED) is 0.644. The fourth-order valence-electron chi connectivity index (χ4n) is 3.26. The molecule has 1 aliphatic heterocycles. The highest BCUT2D eigenvalue weighted by atomic mass is 32.1. The molecule has 0 bridgehead atoms. The molecule has 1 heterocycles. The Morgan fingerprint density at radius 1 is 1.00 bits per heavy atom. The molecule has 5 heteroatoms. The number of ether oxygens (including phenoxy) is 1. The van der Waals surface area contributed by atoms with Crippen LogP contribution in [0.15, 0.2) is 60.7 Å². The number of benzene rings is 2. The zero-order valence-corrected chi connectivity index (χ0v) is 15.9. The number of nitrogens with one attached hydrogen (secondary N) is 3. The molecule has 0 saturated carbocycles. The van der Waals surface area contributed by atoms with Crippen molar-refractivity contribution in [3.8, 4) is 0 Å². The summed E-state index contributed by atoms with van der Waals surface area (Å²) in [5, 5.41) is 7.61. The summed E-state index contributed by atoms with van der Waals surface area (Å²) in [6, 6.07) is 21.3. The minimum atomic E-state index is 0.209. The van der Waals surface area contributed by atoms with E-state index in [9.17, 15) is 0 Å². The average molecular weight is 371 g/mol. The third-order valence-electron chi connectivity index (χ3n) is 4.74. The minimum absolute atomic E-state index is 0.209. The van der Waals surface area contributed by atoms with E-state index in [1.54, 1.807) is 4.90 Å². The maximum absolute atomic E-state index is 5.56. The second kappa shape index (κ2) is 10.3. The van der Waals surface area contributed by atoms with Gasteiger partial charge in [-0.05, 0) is 29.8 Å². The van der Waals surface area contributed by atoms with Crippen LogP contribution >= 0.6 is 12.2 Å². The molecule has 3 N–H and O–H groups in total. The number of hydrogen-bond donors (Lipinski definition) is 3. The minimum Gasteiger partial charge on any atom is -0.370 e. The fraction of sp³-hybridized carbons (Fsp3) is 0.381. The first-order valence-electron chi connectivity index (χ1n) is 9.36. The topological polar surface area (TPSA) is 37.7 Å². The van der Waals surface area contributed by atoms with Crippen molar-refractivity contribution in [2.45, 2.75) is 12.5 Å². The molecule has 3 rings (SSSR count). The van der Waals surface area contributed by atoms with Gasteiger partial charge in [-0.2, -0.15) is 0 Å². The molecule has 2 aromatic carbocycles. The molecule has 26 heavy (non-hydrogen) atoms. The highest BCUT2D eigenvalue weighted by Crippen LogP contribution is 2.10. The molecule has 0 aromatic heterocycles. The smallest absolute Gasteiger partial charge is 0.166 e. The molecule has 1 aliphatic rings. The Balaban J connectivity index is 1.53. The first-order chi connectivity index (χ1) is 12.8. The molecule has 0 aliphatic carbocycles. The zero-order valence-electron chi connectivity index (χ0n) is 15.1. The maximum atomic E-state index is 5.56. The monoisotopic (exact) mass is 370 g/mol. The van der Waals surface area contributed by atoms with Gasteiger partial charge in [0.25, 0.3) is 0 Å². The molecule has 1 atom stereocenters. The largest absolute Gasteiger partial charge is 0.370 e. The molecule has 0 unspecified atom stereocenters. The van der Waals surface area contributed by atoms with Gasteiger partial charge in [0.05, 0.1) is 13.2 Å². The Morgan fingerprint density at radius 2 is 1.65 bits per heavy atom. The van der Waals surface area contributed by atoms with E-state index < -0.39 is 0 Å². The van der Waals surface area contributed by atoms with Crippen molar-refractivity contribution >= 4 is 17.3 Å². The van der Waals surface area contributed by atoms with Gasteiger partial charge in [-0.3, -0.25) is 0 Å². The van der Waals surface area contributed by atoms with Crippen molar-refractivity contribution in [1.29, 1.82) is 0 Å². The van der Waals surface area contributed by atoms with Gasteiger partial charge >= 0.3 is 0 Å². The summed E-state index contributed by atoms with van der Waals surface area (Å²) < 4.78 is 5.48. The van der Waals surface area contributed by atoms with Crippen LogP contribution in [0.1, 0.15) is 17.2 Å². The summed E-state index contributed by atoms with van der Waals surface area (Å²) >= 11 is 5.56. The van der Waals surface area contributed by atoms with Gasteiger partial charge in [0.2, 0.25) is 0 Å². The lowest BCUT2D eigenvalue weighted by molar-refractivity contribution is -0.909. The number of quaternary nitrogens is 1. The van der Waals surface area contributed by atoms with E-state index in [-0.39, 0.29) is 6.04 Å². The Kier molecular flexibility index (Phi) is 7.43. The number of rotatable bonds is 7. The summed E-state index contributed by atoms with van der Waals surface area (Å²) in [4.78, 5) is 1.56. The lowest BCUT2D eigenvalue weighted by atomic mass is 10.1. The highest BCUT2D eigenvalue weighted by Gasteiger charge is 2.21. The van der Waals surface area contributed by atoms with E-state index >= 15 is 0 Å². The van der Waals surface area contributed by atoms with Crippen LogP contribution in [0.2, 0.25) is 0 Å². The van der Waals surface area contributed by atoms with Crippen LogP contribution in [0.3, 0.4) is 0 Å². The van der Waals surface area contributed by atoms with Crippen LogP contribution in [-0.2, 0) is 11.2 Å². The van der Waals surface area contributed by atoms with Crippen LogP contribution in [0.4, 0.5) is 0 Å². The van der Waals surface area contributed by atoms with E-state index in [1.807, 2.05) is 6.07 Å². The average Bonchev–Trinajstić information content (AvgIpc) is 2.70. The lowest BCUT2D eigenvalue weighted by Crippen LogP contribution is -3.14. The first kappa shape index (κ1) is 18.8. The fourth-order valence-corrected chi connectivity index (χ4v) is 3.51. The standard InChI is InChI=1S/C21H27N3OS/c26-21(22-12-11-18-7-3-1-4-8-18)23-20(19-9-5-2-6-10-19)17-24-13-15-25-16-14-24/h1-10,20H,11-17H2,(H2,22,23,26)/p+1/t20-/m1/s1. The van der Waals surface area contributed by atoms with E-state index in [0.29, 0.717) is 0 Å². The van der Waals surface area contributed by atoms with Gasteiger partial charge in [0.1, 0.15) is 25.7 Å². The Bertz CT molecular complexity index is 659. The summed E-state index contributed by atoms with van der Waals surface area (Å²) in [5.74, 6) is 0. The second-order valence-electron chi connectivity index (χ2n) is 6.67. The third-order valence-corrected chi connectivity index (χ3v) is 5.00. The number of morpholine rings is 1. The molecule has 1 fully saturated rings. The van der Waals surface area contributed by atoms with Crippen LogP contribution in [-0.4, -0.2) is 44.5 Å². The van der Waals surface area contributed by atoms with Crippen molar-refractivity contribution in [3.63, 3.8) is 0 Å². The van der Waals surface area contributed by atoms with Gasteiger partial charge in [-0.15, -0.1) is 0 Å². The number of thiocarbonyl (C=S) groups is 1. The Morgan fingerprint density at radius 3 is 2.35 bits per heavy atom. The van der Waals surface area contributed by atoms with E-state index in [1.165, 1.54) is 11.1 Å². The molecular weight excluding hydrogens is 342 g/mol. The molecular formula is C21H28N3OS+. The summed E-state index contributed by atoms with van der Waals surface area (Å²) in [5.41, 5.74) is 2.60. The first-order valence-corrected chi connectivity index (χ1v) is 9.76. The van der Waals surface area contributed by atoms with Crippen LogP contribution in [0.25, 0.3) is 0 Å². The van der Waals surface area contributed by atoms with Gasteiger partial charge in [-0.25, -0.2) is 0 Å². The molecule has 0 spiro atoms. The van der Waals surface area contributed by atoms with E-state index in [0.717, 1.165) is 50.9 Å². The van der Waals surface area contributed by atoms with Crippen molar-refractivity contribution in [3.05, 3.63) is 71.8 Å². The Labute approximate surface area is 161 Å². The van der Waals surface area contributed by atoms with Crippen LogP contribution in [0, 0.1) is 0 Å². The van der Waals surface area contributed by atoms with Crippen molar-refractivity contribution in [1.82, 2.24) is 10.6 Å². The molecule has 0 radical (unpaired) electrons. The van der Waals surface area contributed by atoms with Crippen molar-refractivity contribution < 1.29 is 9.64 Å². The lowest BCUT2D eigenvalue weighted by Gasteiger charge is -2.29. The molecule has 4 nitrogen and oxygen atoms in total. The number of hydrogen-bond acceptors (Lipinski definition) is 2. The van der Waals surface area contributed by atoms with Crippen molar-refractivity contribution in [2.75, 3.05) is 39.4 Å².